The first kappa shape index (κ1) is 7.94. The second-order valence-electron chi connectivity index (χ2n) is 1.47. The van der Waals surface area contributed by atoms with Gasteiger partial charge in [0.1, 0.15) is 0 Å². The van der Waals surface area contributed by atoms with Gasteiger partial charge in [0.2, 0.25) is 0 Å². The van der Waals surface area contributed by atoms with E-state index < -0.39 is 11.8 Å². The summed E-state index contributed by atoms with van der Waals surface area (Å²) in [6.45, 7) is 3.84. The Balaban J connectivity index is 3.39. The highest BCUT2D eigenvalue weighted by atomic mass is 16.2. The van der Waals surface area contributed by atoms with Gasteiger partial charge in [0.15, 0.2) is 0 Å². The van der Waals surface area contributed by atoms with Crippen LogP contribution < -0.4 is 11.1 Å². The van der Waals surface area contributed by atoms with Gasteiger partial charge in [0.05, 0.1) is 0 Å². The number of rotatable bonds is 2. The molecule has 0 aromatic rings. The highest BCUT2D eigenvalue weighted by Gasteiger charge is 2.04. The third-order valence-electron chi connectivity index (χ3n) is 0.686. The first-order valence-electron chi connectivity index (χ1n) is 2.55. The topological polar surface area (TPSA) is 72.2 Å². The van der Waals surface area contributed by atoms with E-state index in [2.05, 4.69) is 18.0 Å². The molecule has 0 rings (SSSR count). The van der Waals surface area contributed by atoms with E-state index in [0.717, 1.165) is 0 Å². The third kappa shape index (κ3) is 3.52. The fourth-order valence-corrected chi connectivity index (χ4v) is 0.289. The number of carbonyl (C=O) groups excluding carboxylic acids is 2. The van der Waals surface area contributed by atoms with Crippen molar-refractivity contribution in [2.75, 3.05) is 6.54 Å². The summed E-state index contributed by atoms with van der Waals surface area (Å²) in [5, 5.41) is 2.26. The summed E-state index contributed by atoms with van der Waals surface area (Å²) < 4.78 is 0. The van der Waals surface area contributed by atoms with Crippen molar-refractivity contribution in [2.24, 2.45) is 5.73 Å². The van der Waals surface area contributed by atoms with Gasteiger partial charge < -0.3 is 11.1 Å². The average Bonchev–Trinajstić information content (AvgIpc) is 1.82. The van der Waals surface area contributed by atoms with E-state index in [1.807, 2.05) is 0 Å². The second-order valence-corrected chi connectivity index (χ2v) is 1.47. The van der Waals surface area contributed by atoms with Crippen molar-refractivity contribution < 1.29 is 9.59 Å². The molecule has 4 heteroatoms. The van der Waals surface area contributed by atoms with Gasteiger partial charge >= 0.3 is 11.8 Å². The molecule has 0 heterocycles. The summed E-state index contributed by atoms with van der Waals surface area (Å²) in [4.78, 5) is 20.3. The lowest BCUT2D eigenvalue weighted by Gasteiger charge is -1.96. The van der Waals surface area contributed by atoms with Crippen molar-refractivity contribution in [3.63, 3.8) is 0 Å². The van der Waals surface area contributed by atoms with Crippen molar-refractivity contribution in [3.05, 3.63) is 6.92 Å². The van der Waals surface area contributed by atoms with E-state index in [1.54, 1.807) is 0 Å². The lowest BCUT2D eigenvalue weighted by molar-refractivity contribution is -0.137. The minimum absolute atomic E-state index is 0.391. The number of amides is 2. The number of hydrogen-bond donors (Lipinski definition) is 2. The van der Waals surface area contributed by atoms with Gasteiger partial charge in [-0.05, 0) is 6.42 Å². The van der Waals surface area contributed by atoms with E-state index in [0.29, 0.717) is 13.0 Å². The maximum Gasteiger partial charge on any atom is 0.309 e. The van der Waals surface area contributed by atoms with E-state index in [-0.39, 0.29) is 0 Å². The molecule has 3 N–H and O–H groups in total. The van der Waals surface area contributed by atoms with Crippen molar-refractivity contribution >= 4 is 11.8 Å². The van der Waals surface area contributed by atoms with Crippen LogP contribution in [0.1, 0.15) is 6.42 Å². The zero-order valence-corrected chi connectivity index (χ0v) is 5.02. The SMILES string of the molecule is [CH2]CCNC(=O)C(N)=O. The quantitative estimate of drug-likeness (QED) is 0.460. The van der Waals surface area contributed by atoms with Gasteiger partial charge in [-0.1, -0.05) is 6.92 Å². The first-order valence-corrected chi connectivity index (χ1v) is 2.55. The fourth-order valence-electron chi connectivity index (χ4n) is 0.289. The van der Waals surface area contributed by atoms with Crippen LogP contribution in [0.2, 0.25) is 0 Å². The van der Waals surface area contributed by atoms with Crippen LogP contribution in [0.3, 0.4) is 0 Å². The zero-order chi connectivity index (χ0) is 7.28. The number of hydrogen-bond acceptors (Lipinski definition) is 2. The molecule has 4 nitrogen and oxygen atoms in total. The average molecular weight is 129 g/mol. The van der Waals surface area contributed by atoms with Crippen LogP contribution in [0.25, 0.3) is 0 Å². The van der Waals surface area contributed by atoms with Crippen LogP contribution >= 0.6 is 0 Å². The second kappa shape index (κ2) is 3.88. The van der Waals surface area contributed by atoms with Crippen LogP contribution in [0.15, 0.2) is 0 Å². The van der Waals surface area contributed by atoms with E-state index in [1.165, 1.54) is 0 Å². The summed E-state index contributed by atoms with van der Waals surface area (Å²) in [6, 6.07) is 0. The predicted octanol–water partition coefficient (Wildman–Crippen LogP) is -1.19. The van der Waals surface area contributed by atoms with E-state index in [9.17, 15) is 9.59 Å². The molecule has 1 radical (unpaired) electrons. The Morgan fingerprint density at radius 2 is 2.11 bits per heavy atom. The Morgan fingerprint density at radius 3 is 2.44 bits per heavy atom. The molecular weight excluding hydrogens is 120 g/mol. The molecule has 0 spiro atoms. The molecule has 0 unspecified atom stereocenters. The zero-order valence-electron chi connectivity index (χ0n) is 5.02. The molecule has 0 atom stereocenters. The maximum absolute atomic E-state index is 10.3. The molecule has 0 fully saturated rings. The lowest BCUT2D eigenvalue weighted by atomic mass is 10.4. The Labute approximate surface area is 53.4 Å². The van der Waals surface area contributed by atoms with Gasteiger partial charge in [-0.25, -0.2) is 0 Å². The number of primary amides is 1. The minimum atomic E-state index is -0.955. The molecule has 2 amide bonds. The van der Waals surface area contributed by atoms with Crippen molar-refractivity contribution in [1.29, 1.82) is 0 Å². The Morgan fingerprint density at radius 1 is 1.56 bits per heavy atom. The minimum Gasteiger partial charge on any atom is -0.361 e. The van der Waals surface area contributed by atoms with E-state index >= 15 is 0 Å². The van der Waals surface area contributed by atoms with Crippen molar-refractivity contribution in [1.82, 2.24) is 5.32 Å². The van der Waals surface area contributed by atoms with E-state index in [4.69, 9.17) is 0 Å². The summed E-state index contributed by atoms with van der Waals surface area (Å²) in [5.74, 6) is -1.71. The van der Waals surface area contributed by atoms with Crippen molar-refractivity contribution in [3.8, 4) is 0 Å². The van der Waals surface area contributed by atoms with Gasteiger partial charge in [-0.3, -0.25) is 9.59 Å². The molecule has 0 aromatic carbocycles. The monoisotopic (exact) mass is 129 g/mol. The molecule has 0 aliphatic heterocycles. The van der Waals surface area contributed by atoms with Crippen LogP contribution in [-0.2, 0) is 9.59 Å². The molecule has 0 bridgehead atoms. The molecule has 51 valence electrons. The molecule has 0 aliphatic rings. The number of nitrogens with one attached hydrogen (secondary N) is 1. The maximum atomic E-state index is 10.3. The molecule has 0 saturated heterocycles. The van der Waals surface area contributed by atoms with Crippen LogP contribution in [-0.4, -0.2) is 18.4 Å². The normalized spacial score (nSPS) is 8.56. The molecular formula is C5H9N2O2. The smallest absolute Gasteiger partial charge is 0.309 e. The van der Waals surface area contributed by atoms with Crippen LogP contribution in [0.4, 0.5) is 0 Å². The van der Waals surface area contributed by atoms with Gasteiger partial charge in [0, 0.05) is 6.54 Å². The summed E-state index contributed by atoms with van der Waals surface area (Å²) in [5.41, 5.74) is 4.61. The molecule has 0 saturated carbocycles. The van der Waals surface area contributed by atoms with Gasteiger partial charge in [-0.15, -0.1) is 0 Å². The van der Waals surface area contributed by atoms with Crippen LogP contribution in [0.5, 0.6) is 0 Å². The fraction of sp³-hybridized carbons (Fsp3) is 0.400. The van der Waals surface area contributed by atoms with Gasteiger partial charge in [0.25, 0.3) is 0 Å². The Hall–Kier alpha value is -1.06. The summed E-state index contributed by atoms with van der Waals surface area (Å²) in [6.07, 6.45) is 0.555. The predicted molar refractivity (Wildman–Crippen MR) is 32.2 cm³/mol. The summed E-state index contributed by atoms with van der Waals surface area (Å²) >= 11 is 0. The first-order chi connectivity index (χ1) is 4.18. The number of nitrogens with two attached hydrogens (primary N) is 1. The lowest BCUT2D eigenvalue weighted by Crippen LogP contribution is -2.36. The largest absolute Gasteiger partial charge is 0.361 e. The molecule has 9 heavy (non-hydrogen) atoms. The highest BCUT2D eigenvalue weighted by Crippen LogP contribution is 1.68. The number of carbonyl (C=O) groups is 2. The highest BCUT2D eigenvalue weighted by molar-refractivity contribution is 6.34. The Bertz CT molecular complexity index is 122. The van der Waals surface area contributed by atoms with Crippen LogP contribution in [0, 0.1) is 6.92 Å². The van der Waals surface area contributed by atoms with Gasteiger partial charge in [-0.2, -0.15) is 0 Å². The van der Waals surface area contributed by atoms with Crippen molar-refractivity contribution in [2.45, 2.75) is 6.42 Å². The Kier molecular flexibility index (Phi) is 3.43. The molecule has 0 aromatic heterocycles. The molecule has 0 aliphatic carbocycles. The summed E-state index contributed by atoms with van der Waals surface area (Å²) in [7, 11) is 0. The third-order valence-corrected chi connectivity index (χ3v) is 0.686. The standard InChI is InChI=1S/C5H9N2O2/c1-2-3-7-5(9)4(6)8/h1-3H2,(H2,6,8)(H,7,9).